The Morgan fingerprint density at radius 2 is 2.00 bits per heavy atom. The highest BCUT2D eigenvalue weighted by molar-refractivity contribution is 9.10. The third kappa shape index (κ3) is 3.55. The molecule has 4 rings (SSSR count). The van der Waals surface area contributed by atoms with Crippen LogP contribution in [0.5, 0.6) is 11.5 Å². The average molecular weight is 433 g/mol. The molecule has 1 amide bonds. The summed E-state index contributed by atoms with van der Waals surface area (Å²) in [5.41, 5.74) is 2.85. The molecule has 0 aliphatic carbocycles. The minimum absolute atomic E-state index is 0.268. The van der Waals surface area contributed by atoms with Gasteiger partial charge in [0.2, 0.25) is 0 Å². The van der Waals surface area contributed by atoms with Crippen LogP contribution in [0.25, 0.3) is 0 Å². The zero-order chi connectivity index (χ0) is 19.0. The molecule has 0 unspecified atom stereocenters. The third-order valence-corrected chi connectivity index (χ3v) is 4.93. The molecule has 1 aliphatic heterocycles. The van der Waals surface area contributed by atoms with Gasteiger partial charge in [0.25, 0.3) is 5.91 Å². The van der Waals surface area contributed by atoms with Crippen LogP contribution in [-0.4, -0.2) is 34.1 Å². The lowest BCUT2D eigenvalue weighted by atomic mass is 10.2. The number of carbonyl (C=O) groups excluding carboxylic acids is 1. The fourth-order valence-electron chi connectivity index (χ4n) is 2.84. The van der Waals surface area contributed by atoms with Crippen LogP contribution in [0.1, 0.15) is 27.4 Å². The number of aryl methyl sites for hydroxylation is 2. The molecule has 27 heavy (non-hydrogen) atoms. The van der Waals surface area contributed by atoms with Crippen LogP contribution in [0, 0.1) is 13.8 Å². The number of nitrogens with zero attached hydrogens (tertiary/aromatic N) is 3. The molecule has 0 atom stereocenters. The number of fused-ring (bicyclic) bond motifs is 1. The first-order valence-electron chi connectivity index (χ1n) is 8.36. The highest BCUT2D eigenvalue weighted by Crippen LogP contribution is 2.35. The van der Waals surface area contributed by atoms with Gasteiger partial charge in [-0.1, -0.05) is 5.16 Å². The maximum Gasteiger partial charge on any atom is 0.257 e. The molecule has 0 saturated carbocycles. The molecule has 8 nitrogen and oxygen atoms in total. The van der Waals surface area contributed by atoms with E-state index >= 15 is 0 Å². The Balaban J connectivity index is 1.50. The van der Waals surface area contributed by atoms with Crippen molar-refractivity contribution in [2.24, 2.45) is 0 Å². The van der Waals surface area contributed by atoms with E-state index in [4.69, 9.17) is 14.0 Å². The molecule has 0 radical (unpaired) electrons. The summed E-state index contributed by atoms with van der Waals surface area (Å²) in [7, 11) is 0. The van der Waals surface area contributed by atoms with Gasteiger partial charge in [-0.05, 0) is 41.9 Å². The first-order valence-corrected chi connectivity index (χ1v) is 9.15. The van der Waals surface area contributed by atoms with Crippen molar-refractivity contribution in [3.63, 3.8) is 0 Å². The summed E-state index contributed by atoms with van der Waals surface area (Å²) in [6.45, 7) is 5.22. The van der Waals surface area contributed by atoms with Crippen molar-refractivity contribution in [1.82, 2.24) is 14.9 Å². The Bertz CT molecular complexity index is 991. The van der Waals surface area contributed by atoms with E-state index < -0.39 is 0 Å². The maximum atomic E-state index is 12.7. The molecule has 3 heterocycles. The summed E-state index contributed by atoms with van der Waals surface area (Å²) < 4.78 is 18.6. The molecule has 0 fully saturated rings. The van der Waals surface area contributed by atoms with Crippen LogP contribution in [0.4, 0.5) is 5.69 Å². The summed E-state index contributed by atoms with van der Waals surface area (Å²) in [6, 6.07) is 3.41. The van der Waals surface area contributed by atoms with Crippen LogP contribution in [0.3, 0.4) is 0 Å². The predicted molar refractivity (Wildman–Crippen MR) is 100 cm³/mol. The lowest BCUT2D eigenvalue weighted by Gasteiger charge is -2.19. The zero-order valence-electron chi connectivity index (χ0n) is 14.8. The van der Waals surface area contributed by atoms with E-state index in [1.54, 1.807) is 29.2 Å². The van der Waals surface area contributed by atoms with E-state index in [2.05, 4.69) is 31.5 Å². The van der Waals surface area contributed by atoms with Crippen molar-refractivity contribution in [1.29, 1.82) is 0 Å². The fraction of sp³-hybridized carbons (Fsp3) is 0.278. The van der Waals surface area contributed by atoms with Crippen LogP contribution >= 0.6 is 15.9 Å². The SMILES string of the molecule is Cc1noc(C)c1Cn1cc(NC(=O)c2cc3c(cc2Br)OCCO3)cn1. The quantitative estimate of drug-likeness (QED) is 0.679. The molecule has 2 aromatic heterocycles. The van der Waals surface area contributed by atoms with Gasteiger partial charge in [0.05, 0.1) is 29.7 Å². The summed E-state index contributed by atoms with van der Waals surface area (Å²) in [4.78, 5) is 12.7. The van der Waals surface area contributed by atoms with E-state index in [9.17, 15) is 4.79 Å². The maximum absolute atomic E-state index is 12.7. The highest BCUT2D eigenvalue weighted by atomic mass is 79.9. The van der Waals surface area contributed by atoms with Gasteiger partial charge in [-0.2, -0.15) is 5.10 Å². The van der Waals surface area contributed by atoms with E-state index in [0.29, 0.717) is 47.0 Å². The first kappa shape index (κ1) is 17.6. The van der Waals surface area contributed by atoms with Crippen LogP contribution in [0.15, 0.2) is 33.5 Å². The second-order valence-electron chi connectivity index (χ2n) is 6.16. The number of rotatable bonds is 4. The summed E-state index contributed by atoms with van der Waals surface area (Å²) in [5, 5.41) is 11.1. The van der Waals surface area contributed by atoms with Crippen LogP contribution in [0.2, 0.25) is 0 Å². The van der Waals surface area contributed by atoms with Gasteiger partial charge in [0.1, 0.15) is 19.0 Å². The molecule has 9 heteroatoms. The minimum atomic E-state index is -0.268. The van der Waals surface area contributed by atoms with Crippen molar-refractivity contribution in [3.05, 3.63) is 51.6 Å². The molecule has 0 saturated heterocycles. The highest BCUT2D eigenvalue weighted by Gasteiger charge is 2.19. The number of ether oxygens (including phenoxy) is 2. The van der Waals surface area contributed by atoms with Crippen molar-refractivity contribution in [2.75, 3.05) is 18.5 Å². The second kappa shape index (κ2) is 7.07. The minimum Gasteiger partial charge on any atom is -0.486 e. The smallest absolute Gasteiger partial charge is 0.257 e. The molecular weight excluding hydrogens is 416 g/mol. The fourth-order valence-corrected chi connectivity index (χ4v) is 3.34. The number of benzene rings is 1. The number of nitrogens with one attached hydrogen (secondary N) is 1. The Kier molecular flexibility index (Phi) is 4.61. The van der Waals surface area contributed by atoms with Crippen LogP contribution in [-0.2, 0) is 6.54 Å². The van der Waals surface area contributed by atoms with Crippen molar-refractivity contribution < 1.29 is 18.8 Å². The largest absolute Gasteiger partial charge is 0.486 e. The summed E-state index contributed by atoms with van der Waals surface area (Å²) in [6.07, 6.45) is 3.36. The Hall–Kier alpha value is -2.81. The molecule has 140 valence electrons. The summed E-state index contributed by atoms with van der Waals surface area (Å²) in [5.74, 6) is 1.67. The van der Waals surface area contributed by atoms with Gasteiger partial charge < -0.3 is 19.3 Å². The van der Waals surface area contributed by atoms with Gasteiger partial charge in [-0.3, -0.25) is 9.48 Å². The van der Waals surface area contributed by atoms with E-state index in [1.165, 1.54) is 0 Å². The molecular formula is C18H17BrN4O4. The van der Waals surface area contributed by atoms with Crippen LogP contribution < -0.4 is 14.8 Å². The van der Waals surface area contributed by atoms with Gasteiger partial charge in [-0.25, -0.2) is 0 Å². The Labute approximate surface area is 163 Å². The monoisotopic (exact) mass is 432 g/mol. The number of aromatic nitrogens is 3. The van der Waals surface area contributed by atoms with Gasteiger partial charge in [0, 0.05) is 16.2 Å². The first-order chi connectivity index (χ1) is 13.0. The van der Waals surface area contributed by atoms with E-state index in [1.807, 2.05) is 13.8 Å². The topological polar surface area (TPSA) is 91.4 Å². The van der Waals surface area contributed by atoms with Crippen molar-refractivity contribution in [3.8, 4) is 11.5 Å². The molecule has 1 aromatic carbocycles. The average Bonchev–Trinajstić information content (AvgIpc) is 3.22. The molecule has 3 aromatic rings. The Morgan fingerprint density at radius 1 is 1.26 bits per heavy atom. The molecule has 0 bridgehead atoms. The van der Waals surface area contributed by atoms with E-state index in [-0.39, 0.29) is 5.91 Å². The van der Waals surface area contributed by atoms with Crippen molar-refractivity contribution in [2.45, 2.75) is 20.4 Å². The number of hydrogen-bond acceptors (Lipinski definition) is 6. The van der Waals surface area contributed by atoms with E-state index in [0.717, 1.165) is 17.0 Å². The number of anilines is 1. The van der Waals surface area contributed by atoms with Gasteiger partial charge in [-0.15, -0.1) is 0 Å². The normalized spacial score (nSPS) is 12.9. The third-order valence-electron chi connectivity index (χ3n) is 4.27. The predicted octanol–water partition coefficient (Wildman–Crippen LogP) is 3.32. The number of halogens is 1. The molecule has 0 spiro atoms. The van der Waals surface area contributed by atoms with Gasteiger partial charge >= 0.3 is 0 Å². The lowest BCUT2D eigenvalue weighted by molar-refractivity contribution is 0.102. The number of amides is 1. The number of carbonyl (C=O) groups is 1. The second-order valence-corrected chi connectivity index (χ2v) is 7.01. The molecule has 1 N–H and O–H groups in total. The van der Waals surface area contributed by atoms with Gasteiger partial charge in [0.15, 0.2) is 11.5 Å². The standard InChI is InChI=1S/C18H17BrN4O4/c1-10-14(11(2)27-22-10)9-23-8-12(7-20-23)21-18(24)13-5-16-17(6-15(13)19)26-4-3-25-16/h5-8H,3-4,9H2,1-2H3,(H,21,24). The summed E-state index contributed by atoms with van der Waals surface area (Å²) >= 11 is 3.42. The lowest BCUT2D eigenvalue weighted by Crippen LogP contribution is -2.17. The van der Waals surface area contributed by atoms with Crippen molar-refractivity contribution >= 4 is 27.5 Å². The zero-order valence-corrected chi connectivity index (χ0v) is 16.4. The Morgan fingerprint density at radius 3 is 2.70 bits per heavy atom. The number of hydrogen-bond donors (Lipinski definition) is 1. The molecule has 1 aliphatic rings.